The highest BCUT2D eigenvalue weighted by molar-refractivity contribution is 7.91. The molecule has 8 nitrogen and oxygen atoms in total. The largest absolute Gasteiger partial charge is 0.352 e. The third-order valence-electron chi connectivity index (χ3n) is 5.67. The Balaban J connectivity index is 1.25. The Kier molecular flexibility index (Phi) is 4.28. The highest BCUT2D eigenvalue weighted by Gasteiger charge is 2.51. The normalized spacial score (nSPS) is 35.7. The quantitative estimate of drug-likeness (QED) is 0.702. The first-order chi connectivity index (χ1) is 11.9. The molecule has 1 saturated carbocycles. The SMILES string of the molecule is O=C(NC1CCS(=O)(=O)C1)C1CC1C(=O)N1CCC2(CC1)OCCO2. The van der Waals surface area contributed by atoms with Crippen LogP contribution in [0.3, 0.4) is 0 Å². The van der Waals surface area contributed by atoms with Crippen molar-refractivity contribution in [2.75, 3.05) is 37.8 Å². The van der Waals surface area contributed by atoms with E-state index in [4.69, 9.17) is 9.47 Å². The number of nitrogens with one attached hydrogen (secondary N) is 1. The number of sulfone groups is 1. The summed E-state index contributed by atoms with van der Waals surface area (Å²) in [7, 11) is -3.02. The Bertz CT molecular complexity index is 662. The van der Waals surface area contributed by atoms with Crippen molar-refractivity contribution in [2.24, 2.45) is 11.8 Å². The van der Waals surface area contributed by atoms with Crippen molar-refractivity contribution in [1.82, 2.24) is 10.2 Å². The average molecular weight is 372 g/mol. The van der Waals surface area contributed by atoms with Gasteiger partial charge >= 0.3 is 0 Å². The van der Waals surface area contributed by atoms with E-state index in [1.54, 1.807) is 4.90 Å². The van der Waals surface area contributed by atoms with Gasteiger partial charge in [-0.1, -0.05) is 0 Å². The second-order valence-corrected chi connectivity index (χ2v) is 9.72. The molecule has 3 heterocycles. The van der Waals surface area contributed by atoms with Gasteiger partial charge in [-0.15, -0.1) is 0 Å². The van der Waals surface area contributed by atoms with E-state index in [1.807, 2.05) is 0 Å². The standard InChI is InChI=1S/C16H24N2O6S/c19-14(17-11-1-8-25(21,22)10-11)12-9-13(12)15(20)18-4-2-16(3-5-18)23-6-7-24-16/h11-13H,1-10H2,(H,17,19). The number of hydrogen-bond donors (Lipinski definition) is 1. The van der Waals surface area contributed by atoms with Crippen LogP contribution in [0.15, 0.2) is 0 Å². The van der Waals surface area contributed by atoms with Crippen LogP contribution in [-0.2, 0) is 28.9 Å². The summed E-state index contributed by atoms with van der Waals surface area (Å²) in [4.78, 5) is 26.6. The number of amides is 2. The second-order valence-electron chi connectivity index (χ2n) is 7.49. The molecule has 0 aromatic carbocycles. The third kappa shape index (κ3) is 3.54. The number of carbonyl (C=O) groups excluding carboxylic acids is 2. The Morgan fingerprint density at radius 3 is 2.36 bits per heavy atom. The molecule has 3 atom stereocenters. The molecule has 4 aliphatic rings. The fourth-order valence-electron chi connectivity index (χ4n) is 4.06. The van der Waals surface area contributed by atoms with Crippen LogP contribution < -0.4 is 5.32 Å². The summed E-state index contributed by atoms with van der Waals surface area (Å²) in [6.07, 6.45) is 2.36. The van der Waals surface area contributed by atoms with Gasteiger partial charge in [-0.2, -0.15) is 0 Å². The monoisotopic (exact) mass is 372 g/mol. The fraction of sp³-hybridized carbons (Fsp3) is 0.875. The molecule has 140 valence electrons. The third-order valence-corrected chi connectivity index (χ3v) is 7.44. The van der Waals surface area contributed by atoms with Gasteiger partial charge in [0, 0.05) is 32.0 Å². The van der Waals surface area contributed by atoms with Gasteiger partial charge in [-0.05, 0) is 12.8 Å². The minimum absolute atomic E-state index is 0.0122. The number of carbonyl (C=O) groups is 2. The predicted octanol–water partition coefficient (Wildman–Crippen LogP) is -0.709. The molecule has 1 aliphatic carbocycles. The number of piperidine rings is 1. The lowest BCUT2D eigenvalue weighted by Gasteiger charge is -2.37. The van der Waals surface area contributed by atoms with Gasteiger partial charge in [0.15, 0.2) is 15.6 Å². The molecule has 3 unspecified atom stereocenters. The van der Waals surface area contributed by atoms with Gasteiger partial charge in [0.1, 0.15) is 0 Å². The Labute approximate surface area is 147 Å². The van der Waals surface area contributed by atoms with E-state index < -0.39 is 15.6 Å². The van der Waals surface area contributed by atoms with E-state index in [0.717, 1.165) is 0 Å². The molecule has 2 amide bonds. The predicted molar refractivity (Wildman–Crippen MR) is 87.2 cm³/mol. The molecule has 1 spiro atoms. The lowest BCUT2D eigenvalue weighted by Crippen LogP contribution is -2.48. The molecule has 0 aromatic heterocycles. The number of nitrogens with zero attached hydrogens (tertiary/aromatic N) is 1. The summed E-state index contributed by atoms with van der Waals surface area (Å²) in [6, 6.07) is -0.305. The Morgan fingerprint density at radius 1 is 1.08 bits per heavy atom. The van der Waals surface area contributed by atoms with E-state index in [-0.39, 0.29) is 41.2 Å². The molecular formula is C16H24N2O6S. The fourth-order valence-corrected chi connectivity index (χ4v) is 5.74. The molecule has 3 aliphatic heterocycles. The van der Waals surface area contributed by atoms with E-state index in [2.05, 4.69) is 5.32 Å². The number of hydrogen-bond acceptors (Lipinski definition) is 6. The molecule has 4 rings (SSSR count). The van der Waals surface area contributed by atoms with E-state index in [9.17, 15) is 18.0 Å². The van der Waals surface area contributed by atoms with Crippen molar-refractivity contribution >= 4 is 21.7 Å². The van der Waals surface area contributed by atoms with Crippen LogP contribution in [0.4, 0.5) is 0 Å². The maximum absolute atomic E-state index is 12.6. The van der Waals surface area contributed by atoms with Crippen LogP contribution in [0.2, 0.25) is 0 Å². The molecule has 4 fully saturated rings. The first-order valence-electron chi connectivity index (χ1n) is 8.95. The van der Waals surface area contributed by atoms with Crippen molar-refractivity contribution < 1.29 is 27.5 Å². The number of likely N-dealkylation sites (tertiary alicyclic amines) is 1. The first kappa shape index (κ1) is 17.2. The first-order valence-corrected chi connectivity index (χ1v) is 10.8. The van der Waals surface area contributed by atoms with Gasteiger partial charge in [-0.3, -0.25) is 9.59 Å². The summed E-state index contributed by atoms with van der Waals surface area (Å²) in [5.74, 6) is -1.11. The maximum Gasteiger partial charge on any atom is 0.226 e. The molecule has 25 heavy (non-hydrogen) atoms. The highest BCUT2D eigenvalue weighted by Crippen LogP contribution is 2.42. The molecule has 0 aromatic rings. The van der Waals surface area contributed by atoms with Crippen molar-refractivity contribution in [1.29, 1.82) is 0 Å². The van der Waals surface area contributed by atoms with Gasteiger partial charge < -0.3 is 19.7 Å². The topological polar surface area (TPSA) is 102 Å². The van der Waals surface area contributed by atoms with Crippen LogP contribution in [0.25, 0.3) is 0 Å². The average Bonchev–Trinajstić information content (AvgIpc) is 3.15. The Morgan fingerprint density at radius 2 is 1.76 bits per heavy atom. The van der Waals surface area contributed by atoms with Crippen LogP contribution in [0, 0.1) is 11.8 Å². The number of ether oxygens (including phenoxy) is 2. The van der Waals surface area contributed by atoms with E-state index in [1.165, 1.54) is 0 Å². The minimum atomic E-state index is -3.02. The van der Waals surface area contributed by atoms with Crippen molar-refractivity contribution in [3.63, 3.8) is 0 Å². The summed E-state index contributed by atoms with van der Waals surface area (Å²) < 4.78 is 34.2. The van der Waals surface area contributed by atoms with Crippen LogP contribution >= 0.6 is 0 Å². The minimum Gasteiger partial charge on any atom is -0.352 e. The van der Waals surface area contributed by atoms with Crippen LogP contribution in [-0.4, -0.2) is 74.8 Å². The van der Waals surface area contributed by atoms with Crippen molar-refractivity contribution in [2.45, 2.75) is 37.5 Å². The highest BCUT2D eigenvalue weighted by atomic mass is 32.2. The summed E-state index contributed by atoms with van der Waals surface area (Å²) in [6.45, 7) is 2.39. The van der Waals surface area contributed by atoms with Gasteiger partial charge in [-0.25, -0.2) is 8.42 Å². The zero-order valence-electron chi connectivity index (χ0n) is 14.1. The number of rotatable bonds is 3. The summed E-state index contributed by atoms with van der Waals surface area (Å²) >= 11 is 0. The van der Waals surface area contributed by atoms with Gasteiger partial charge in [0.05, 0.1) is 36.6 Å². The summed E-state index contributed by atoms with van der Waals surface area (Å²) in [5, 5.41) is 2.79. The van der Waals surface area contributed by atoms with Crippen LogP contribution in [0.1, 0.15) is 25.7 Å². The van der Waals surface area contributed by atoms with Crippen molar-refractivity contribution in [3.8, 4) is 0 Å². The van der Waals surface area contributed by atoms with Crippen molar-refractivity contribution in [3.05, 3.63) is 0 Å². The molecule has 0 radical (unpaired) electrons. The zero-order chi connectivity index (χ0) is 17.7. The van der Waals surface area contributed by atoms with E-state index >= 15 is 0 Å². The molecule has 9 heteroatoms. The van der Waals surface area contributed by atoms with Crippen LogP contribution in [0.5, 0.6) is 0 Å². The zero-order valence-corrected chi connectivity index (χ0v) is 14.9. The molecule has 1 N–H and O–H groups in total. The molecule has 3 saturated heterocycles. The lowest BCUT2D eigenvalue weighted by molar-refractivity contribution is -0.187. The van der Waals surface area contributed by atoms with E-state index in [0.29, 0.717) is 52.0 Å². The van der Waals surface area contributed by atoms with Gasteiger partial charge in [0.25, 0.3) is 0 Å². The summed E-state index contributed by atoms with van der Waals surface area (Å²) in [5.41, 5.74) is 0. The molecule has 0 bridgehead atoms. The lowest BCUT2D eigenvalue weighted by atomic mass is 10.0. The molecular weight excluding hydrogens is 348 g/mol. The smallest absolute Gasteiger partial charge is 0.226 e. The van der Waals surface area contributed by atoms with Gasteiger partial charge in [0.2, 0.25) is 11.8 Å². The Hall–Kier alpha value is -1.19. The second kappa shape index (κ2) is 6.21. The maximum atomic E-state index is 12.6.